The fraction of sp³-hybridized carbons (Fsp3) is 0.370. The van der Waals surface area contributed by atoms with Gasteiger partial charge in [0, 0.05) is 38.3 Å². The highest BCUT2D eigenvalue weighted by molar-refractivity contribution is 6.33. The van der Waals surface area contributed by atoms with Crippen LogP contribution in [0.3, 0.4) is 0 Å². The number of halogens is 2. The zero-order chi connectivity index (χ0) is 24.2. The van der Waals surface area contributed by atoms with Gasteiger partial charge >= 0.3 is 0 Å². The zero-order valence-corrected chi connectivity index (χ0v) is 21.0. The average Bonchev–Trinajstić information content (AvgIpc) is 3.37. The second kappa shape index (κ2) is 11.0. The van der Waals surface area contributed by atoms with Crippen LogP contribution < -0.4 is 10.1 Å². The van der Waals surface area contributed by atoms with Crippen molar-refractivity contribution in [1.29, 1.82) is 0 Å². The van der Waals surface area contributed by atoms with Gasteiger partial charge in [-0.2, -0.15) is 0 Å². The minimum atomic E-state index is -0.0922. The minimum Gasteiger partial charge on any atom is -0.489 e. The van der Waals surface area contributed by atoms with Gasteiger partial charge in [0.05, 0.1) is 10.0 Å². The fourth-order valence-electron chi connectivity index (χ4n) is 4.61. The number of piperidine rings is 1. The summed E-state index contributed by atoms with van der Waals surface area (Å²) in [5.41, 5.74) is 1.92. The summed E-state index contributed by atoms with van der Waals surface area (Å²) in [5, 5.41) is 4.60. The highest BCUT2D eigenvalue weighted by Crippen LogP contribution is 2.30. The molecule has 35 heavy (non-hydrogen) atoms. The topological polar surface area (TPSA) is 58.0 Å². The van der Waals surface area contributed by atoms with Gasteiger partial charge in [-0.05, 0) is 67.9 Å². The number of nitrogens with one attached hydrogen (secondary N) is 1. The van der Waals surface area contributed by atoms with E-state index in [1.807, 2.05) is 41.3 Å². The van der Waals surface area contributed by atoms with E-state index in [9.17, 15) is 4.79 Å². The largest absolute Gasteiger partial charge is 0.489 e. The Balaban J connectivity index is 1.14. The molecule has 2 aliphatic rings. The predicted octanol–water partition coefficient (Wildman–Crippen LogP) is 5.34. The molecule has 2 saturated heterocycles. The number of hydrogen-bond acceptors (Lipinski definition) is 5. The van der Waals surface area contributed by atoms with Crippen molar-refractivity contribution in [2.75, 3.05) is 39.3 Å². The molecule has 0 unspecified atom stereocenters. The van der Waals surface area contributed by atoms with Crippen LogP contribution in [0.1, 0.15) is 29.0 Å². The molecule has 3 aromatic rings. The smallest absolute Gasteiger partial charge is 0.289 e. The summed E-state index contributed by atoms with van der Waals surface area (Å²) in [5.74, 6) is 1.60. The molecule has 0 spiro atoms. The molecule has 2 fully saturated rings. The lowest BCUT2D eigenvalue weighted by molar-refractivity contribution is 0.0598. The van der Waals surface area contributed by atoms with Crippen LogP contribution in [-0.2, 0) is 6.54 Å². The molecule has 0 bridgehead atoms. The van der Waals surface area contributed by atoms with Gasteiger partial charge < -0.3 is 19.4 Å². The number of amides is 1. The predicted molar refractivity (Wildman–Crippen MR) is 138 cm³/mol. The van der Waals surface area contributed by atoms with Gasteiger partial charge in [0.2, 0.25) is 0 Å². The number of nitrogens with zero attached hydrogens (tertiary/aromatic N) is 2. The minimum absolute atomic E-state index is 0.0922. The summed E-state index contributed by atoms with van der Waals surface area (Å²) in [6, 6.07) is 17.0. The zero-order valence-electron chi connectivity index (χ0n) is 19.5. The Hall–Kier alpha value is -2.51. The number of carbonyl (C=O) groups excluding carboxylic acids is 1. The van der Waals surface area contributed by atoms with Crippen LogP contribution in [0.15, 0.2) is 59.0 Å². The van der Waals surface area contributed by atoms with Gasteiger partial charge in [0.25, 0.3) is 5.91 Å². The third kappa shape index (κ3) is 5.84. The second-order valence-electron chi connectivity index (χ2n) is 9.04. The summed E-state index contributed by atoms with van der Waals surface area (Å²) in [7, 11) is 0. The fourth-order valence-corrected chi connectivity index (χ4v) is 5.09. The van der Waals surface area contributed by atoms with E-state index < -0.39 is 0 Å². The van der Waals surface area contributed by atoms with Crippen LogP contribution >= 0.6 is 23.2 Å². The van der Waals surface area contributed by atoms with Crippen LogP contribution in [0.2, 0.25) is 10.0 Å². The first kappa shape index (κ1) is 24.2. The van der Waals surface area contributed by atoms with E-state index in [0.717, 1.165) is 62.4 Å². The van der Waals surface area contributed by atoms with E-state index in [0.29, 0.717) is 34.7 Å². The molecular weight excluding hydrogens is 485 g/mol. The SMILES string of the molecule is O=C(c1ccc(-c2ccccc2Cl)o1)N1CCN(Cc2ccc(OC3CCNCC3)c(Cl)c2)CC1. The lowest BCUT2D eigenvalue weighted by Gasteiger charge is -2.34. The Bertz CT molecular complexity index is 1170. The maximum Gasteiger partial charge on any atom is 0.289 e. The second-order valence-corrected chi connectivity index (χ2v) is 9.86. The van der Waals surface area contributed by atoms with Gasteiger partial charge in [0.1, 0.15) is 17.6 Å². The third-order valence-electron chi connectivity index (χ3n) is 6.60. The van der Waals surface area contributed by atoms with Crippen molar-refractivity contribution in [3.05, 3.63) is 76.0 Å². The highest BCUT2D eigenvalue weighted by Gasteiger charge is 2.25. The summed E-state index contributed by atoms with van der Waals surface area (Å²) < 4.78 is 12.0. The molecule has 0 atom stereocenters. The lowest BCUT2D eigenvalue weighted by atomic mass is 10.1. The van der Waals surface area contributed by atoms with Gasteiger partial charge in [-0.3, -0.25) is 9.69 Å². The summed E-state index contributed by atoms with van der Waals surface area (Å²) in [4.78, 5) is 17.2. The quantitative estimate of drug-likeness (QED) is 0.481. The first-order chi connectivity index (χ1) is 17.1. The van der Waals surface area contributed by atoms with Crippen molar-refractivity contribution in [3.8, 4) is 17.1 Å². The number of hydrogen-bond donors (Lipinski definition) is 1. The summed E-state index contributed by atoms with van der Waals surface area (Å²) >= 11 is 12.8. The molecule has 8 heteroatoms. The Labute approximate surface area is 215 Å². The summed E-state index contributed by atoms with van der Waals surface area (Å²) in [6.07, 6.45) is 2.22. The molecule has 1 aromatic heterocycles. The molecule has 5 rings (SSSR count). The molecular formula is C27H29Cl2N3O3. The van der Waals surface area contributed by atoms with Crippen LogP contribution in [-0.4, -0.2) is 61.1 Å². The van der Waals surface area contributed by atoms with E-state index in [1.54, 1.807) is 12.1 Å². The monoisotopic (exact) mass is 513 g/mol. The van der Waals surface area contributed by atoms with E-state index in [4.69, 9.17) is 32.4 Å². The molecule has 1 amide bonds. The maximum absolute atomic E-state index is 13.0. The standard InChI is InChI=1S/C27H29Cl2N3O3/c28-22-4-2-1-3-21(22)24-7-8-26(35-24)27(33)32-15-13-31(14-16-32)18-19-5-6-25(23(29)17-19)34-20-9-11-30-12-10-20/h1-8,17,20,30H,9-16,18H2. The van der Waals surface area contributed by atoms with Crippen LogP contribution in [0.25, 0.3) is 11.3 Å². The van der Waals surface area contributed by atoms with E-state index in [1.165, 1.54) is 0 Å². The first-order valence-electron chi connectivity index (χ1n) is 12.1. The first-order valence-corrected chi connectivity index (χ1v) is 12.8. The lowest BCUT2D eigenvalue weighted by Crippen LogP contribution is -2.48. The third-order valence-corrected chi connectivity index (χ3v) is 7.22. The number of rotatable bonds is 6. The Morgan fingerprint density at radius 3 is 2.49 bits per heavy atom. The van der Waals surface area contributed by atoms with Crippen LogP contribution in [0.5, 0.6) is 5.75 Å². The number of carbonyl (C=O) groups is 1. The van der Waals surface area contributed by atoms with Crippen molar-refractivity contribution in [2.45, 2.75) is 25.5 Å². The summed E-state index contributed by atoms with van der Waals surface area (Å²) in [6.45, 7) is 5.61. The number of benzene rings is 2. The van der Waals surface area contributed by atoms with Crippen LogP contribution in [0, 0.1) is 0 Å². The van der Waals surface area contributed by atoms with Gasteiger partial charge in [-0.1, -0.05) is 41.4 Å². The van der Waals surface area contributed by atoms with E-state index in [2.05, 4.69) is 16.3 Å². The number of piperazine rings is 1. The van der Waals surface area contributed by atoms with Gasteiger partial charge in [0.15, 0.2) is 5.76 Å². The molecule has 6 nitrogen and oxygen atoms in total. The number of ether oxygens (including phenoxy) is 1. The molecule has 1 N–H and O–H groups in total. The van der Waals surface area contributed by atoms with E-state index in [-0.39, 0.29) is 12.0 Å². The van der Waals surface area contributed by atoms with Crippen molar-refractivity contribution in [3.63, 3.8) is 0 Å². The Morgan fingerprint density at radius 1 is 0.971 bits per heavy atom. The molecule has 0 saturated carbocycles. The van der Waals surface area contributed by atoms with Crippen molar-refractivity contribution in [1.82, 2.24) is 15.1 Å². The van der Waals surface area contributed by atoms with Crippen molar-refractivity contribution in [2.24, 2.45) is 0 Å². The van der Waals surface area contributed by atoms with Gasteiger partial charge in [-0.15, -0.1) is 0 Å². The Morgan fingerprint density at radius 2 is 1.74 bits per heavy atom. The van der Waals surface area contributed by atoms with E-state index >= 15 is 0 Å². The van der Waals surface area contributed by atoms with Gasteiger partial charge in [-0.25, -0.2) is 0 Å². The highest BCUT2D eigenvalue weighted by atomic mass is 35.5. The maximum atomic E-state index is 13.0. The normalized spacial score (nSPS) is 17.5. The molecule has 184 valence electrons. The Kier molecular flexibility index (Phi) is 7.63. The molecule has 0 radical (unpaired) electrons. The molecule has 2 aliphatic heterocycles. The molecule has 3 heterocycles. The molecule has 0 aliphatic carbocycles. The van der Waals surface area contributed by atoms with Crippen LogP contribution in [0.4, 0.5) is 0 Å². The van der Waals surface area contributed by atoms with Crippen molar-refractivity contribution >= 4 is 29.1 Å². The number of furan rings is 1. The average molecular weight is 514 g/mol. The van der Waals surface area contributed by atoms with Crippen molar-refractivity contribution < 1.29 is 13.9 Å². The molecule has 2 aromatic carbocycles.